The maximum atomic E-state index is 11.6. The average molecular weight is 393 g/mol. The largest absolute Gasteiger partial charge is 0.497 e. The fourth-order valence-corrected chi connectivity index (χ4v) is 3.92. The molecule has 4 rings (SSSR count). The Balaban J connectivity index is 1.78. The number of methoxy groups -OCH3 is 2. The van der Waals surface area contributed by atoms with Gasteiger partial charge in [-0.2, -0.15) is 0 Å². The Labute approximate surface area is 171 Å². The van der Waals surface area contributed by atoms with E-state index < -0.39 is 5.60 Å². The second kappa shape index (κ2) is 7.97. The number of nitrogens with zero attached hydrogens (tertiary/aromatic N) is 3. The molecule has 2 heterocycles. The van der Waals surface area contributed by atoms with Crippen molar-refractivity contribution in [1.29, 1.82) is 0 Å². The van der Waals surface area contributed by atoms with Crippen LogP contribution in [0.2, 0.25) is 0 Å². The number of hydrogen-bond acceptors (Lipinski definition) is 6. The van der Waals surface area contributed by atoms with Crippen LogP contribution in [0.25, 0.3) is 10.9 Å². The maximum Gasteiger partial charge on any atom is 0.226 e. The summed E-state index contributed by atoms with van der Waals surface area (Å²) in [4.78, 5) is 11.8. The summed E-state index contributed by atoms with van der Waals surface area (Å²) in [7, 11) is 3.39. The Morgan fingerprint density at radius 1 is 1.00 bits per heavy atom. The molecule has 1 aliphatic rings. The summed E-state index contributed by atoms with van der Waals surface area (Å²) in [6.07, 6.45) is 2.17. The number of benzene rings is 2. The summed E-state index contributed by atoms with van der Waals surface area (Å²) in [5.41, 5.74) is 0.924. The summed E-state index contributed by atoms with van der Waals surface area (Å²) in [5, 5.41) is 12.4. The molecule has 2 aromatic carbocycles. The van der Waals surface area contributed by atoms with Gasteiger partial charge in [-0.25, -0.2) is 9.97 Å². The van der Waals surface area contributed by atoms with Crippen LogP contribution >= 0.6 is 0 Å². The number of fused-ring (bicyclic) bond motifs is 1. The summed E-state index contributed by atoms with van der Waals surface area (Å²) in [5.74, 6) is 1.40. The van der Waals surface area contributed by atoms with Crippen LogP contribution < -0.4 is 9.64 Å². The van der Waals surface area contributed by atoms with Crippen LogP contribution in [0.5, 0.6) is 5.75 Å². The van der Waals surface area contributed by atoms with Gasteiger partial charge in [-0.05, 0) is 43.5 Å². The van der Waals surface area contributed by atoms with E-state index in [0.717, 1.165) is 48.1 Å². The minimum atomic E-state index is -1.27. The van der Waals surface area contributed by atoms with Gasteiger partial charge in [-0.3, -0.25) is 0 Å². The van der Waals surface area contributed by atoms with Gasteiger partial charge in [0.25, 0.3) is 0 Å². The summed E-state index contributed by atoms with van der Waals surface area (Å²) in [6.45, 7) is 3.45. The van der Waals surface area contributed by atoms with E-state index in [2.05, 4.69) is 4.90 Å². The molecular weight excluding hydrogens is 366 g/mol. The first kappa shape index (κ1) is 19.6. The van der Waals surface area contributed by atoms with Crippen LogP contribution in [0.3, 0.4) is 0 Å². The van der Waals surface area contributed by atoms with E-state index in [1.807, 2.05) is 48.5 Å². The van der Waals surface area contributed by atoms with Crippen LogP contribution in [-0.4, -0.2) is 48.5 Å². The second-order valence-electron chi connectivity index (χ2n) is 7.61. The van der Waals surface area contributed by atoms with E-state index in [1.54, 1.807) is 21.1 Å². The van der Waals surface area contributed by atoms with Gasteiger partial charge in [0.05, 0.1) is 24.4 Å². The topological polar surface area (TPSA) is 67.7 Å². The highest BCUT2D eigenvalue weighted by Gasteiger charge is 2.31. The number of rotatable bonds is 5. The molecule has 1 saturated heterocycles. The van der Waals surface area contributed by atoms with Gasteiger partial charge in [-0.1, -0.05) is 30.3 Å². The van der Waals surface area contributed by atoms with E-state index >= 15 is 0 Å². The van der Waals surface area contributed by atoms with E-state index in [1.165, 1.54) is 0 Å². The fourth-order valence-electron chi connectivity index (χ4n) is 3.92. The van der Waals surface area contributed by atoms with Crippen molar-refractivity contribution in [3.8, 4) is 5.75 Å². The Bertz CT molecular complexity index is 980. The van der Waals surface area contributed by atoms with Crippen molar-refractivity contribution in [2.24, 2.45) is 0 Å². The molecule has 152 valence electrons. The van der Waals surface area contributed by atoms with Crippen LogP contribution in [0.4, 0.5) is 5.95 Å². The van der Waals surface area contributed by atoms with E-state index in [4.69, 9.17) is 19.4 Å². The molecule has 3 aromatic rings. The number of anilines is 1. The normalized spacial score (nSPS) is 17.3. The monoisotopic (exact) mass is 393 g/mol. The minimum absolute atomic E-state index is 0.286. The molecule has 0 radical (unpaired) electrons. The molecule has 0 spiro atoms. The van der Waals surface area contributed by atoms with Crippen molar-refractivity contribution in [1.82, 2.24) is 9.97 Å². The second-order valence-corrected chi connectivity index (χ2v) is 7.61. The smallest absolute Gasteiger partial charge is 0.226 e. The molecule has 0 saturated carbocycles. The van der Waals surface area contributed by atoms with Gasteiger partial charge in [0.15, 0.2) is 0 Å². The minimum Gasteiger partial charge on any atom is -0.497 e. The summed E-state index contributed by atoms with van der Waals surface area (Å²) < 4.78 is 10.7. The van der Waals surface area contributed by atoms with E-state index in [-0.39, 0.29) is 6.10 Å². The molecule has 0 bridgehead atoms. The zero-order valence-corrected chi connectivity index (χ0v) is 17.1. The third-order valence-corrected chi connectivity index (χ3v) is 5.76. The predicted octanol–water partition coefficient (Wildman–Crippen LogP) is 3.51. The molecule has 29 heavy (non-hydrogen) atoms. The molecule has 1 unspecified atom stereocenters. The molecule has 1 N–H and O–H groups in total. The van der Waals surface area contributed by atoms with Crippen LogP contribution in [0, 0.1) is 0 Å². The van der Waals surface area contributed by atoms with E-state index in [0.29, 0.717) is 11.6 Å². The Morgan fingerprint density at radius 3 is 2.34 bits per heavy atom. The predicted molar refractivity (Wildman–Crippen MR) is 113 cm³/mol. The number of hydrogen-bond donors (Lipinski definition) is 1. The highest BCUT2D eigenvalue weighted by Crippen LogP contribution is 2.34. The highest BCUT2D eigenvalue weighted by atomic mass is 16.5. The lowest BCUT2D eigenvalue weighted by Gasteiger charge is -2.32. The first-order chi connectivity index (χ1) is 14.0. The molecule has 0 amide bonds. The molecular formula is C23H27N3O3. The number of para-hydroxylation sites is 1. The quantitative estimate of drug-likeness (QED) is 0.716. The molecule has 1 aromatic heterocycles. The molecule has 6 nitrogen and oxygen atoms in total. The van der Waals surface area contributed by atoms with Crippen molar-refractivity contribution < 1.29 is 14.6 Å². The van der Waals surface area contributed by atoms with Crippen molar-refractivity contribution in [3.63, 3.8) is 0 Å². The lowest BCUT2D eigenvalue weighted by atomic mass is 9.90. The Hall–Kier alpha value is -2.70. The van der Waals surface area contributed by atoms with Gasteiger partial charge in [0.1, 0.15) is 11.4 Å². The average Bonchev–Trinajstić information content (AvgIpc) is 2.78. The fraction of sp³-hybridized carbons (Fsp3) is 0.391. The first-order valence-corrected chi connectivity index (χ1v) is 9.95. The third kappa shape index (κ3) is 3.78. The van der Waals surface area contributed by atoms with Crippen LogP contribution in [-0.2, 0) is 10.3 Å². The first-order valence-electron chi connectivity index (χ1n) is 9.95. The highest BCUT2D eigenvalue weighted by molar-refractivity contribution is 5.83. The van der Waals surface area contributed by atoms with Crippen molar-refractivity contribution in [2.45, 2.75) is 31.5 Å². The van der Waals surface area contributed by atoms with Gasteiger partial charge in [0, 0.05) is 25.6 Å². The van der Waals surface area contributed by atoms with Crippen LogP contribution in [0.1, 0.15) is 31.0 Å². The number of aliphatic hydroxyl groups is 1. The molecule has 0 aliphatic carbocycles. The zero-order chi connectivity index (χ0) is 20.4. The SMILES string of the molecule is COc1ccc(C(C)(O)c2nc(N3CCC(OC)CC3)nc3ccccc23)cc1. The summed E-state index contributed by atoms with van der Waals surface area (Å²) >= 11 is 0. The standard InChI is InChI=1S/C23H27N3O3/c1-23(27,16-8-10-17(28-2)11-9-16)21-19-6-4-5-7-20(19)24-22(25-21)26-14-12-18(29-3)13-15-26/h4-11,18,27H,12-15H2,1-3H3. The van der Waals surface area contributed by atoms with Gasteiger partial charge in [-0.15, -0.1) is 0 Å². The lowest BCUT2D eigenvalue weighted by Crippen LogP contribution is -2.38. The number of aromatic nitrogens is 2. The van der Waals surface area contributed by atoms with E-state index in [9.17, 15) is 5.11 Å². The van der Waals surface area contributed by atoms with Gasteiger partial charge >= 0.3 is 0 Å². The van der Waals surface area contributed by atoms with Gasteiger partial charge in [0.2, 0.25) is 5.95 Å². The maximum absolute atomic E-state index is 11.6. The lowest BCUT2D eigenvalue weighted by molar-refractivity contribution is 0.0814. The Morgan fingerprint density at radius 2 is 1.69 bits per heavy atom. The Kier molecular flexibility index (Phi) is 5.39. The number of piperidine rings is 1. The molecule has 1 fully saturated rings. The van der Waals surface area contributed by atoms with Crippen LogP contribution in [0.15, 0.2) is 48.5 Å². The van der Waals surface area contributed by atoms with Crippen molar-refractivity contribution in [2.75, 3.05) is 32.2 Å². The molecule has 1 aliphatic heterocycles. The van der Waals surface area contributed by atoms with Crippen molar-refractivity contribution >= 4 is 16.9 Å². The zero-order valence-electron chi connectivity index (χ0n) is 17.1. The third-order valence-electron chi connectivity index (χ3n) is 5.76. The van der Waals surface area contributed by atoms with Crippen molar-refractivity contribution in [3.05, 3.63) is 59.8 Å². The molecule has 6 heteroatoms. The number of ether oxygens (including phenoxy) is 2. The molecule has 1 atom stereocenters. The van der Waals surface area contributed by atoms with Gasteiger partial charge < -0.3 is 19.5 Å². The summed E-state index contributed by atoms with van der Waals surface area (Å²) in [6, 6.07) is 15.3.